The third kappa shape index (κ3) is 3.45. The first-order chi connectivity index (χ1) is 9.11. The van der Waals surface area contributed by atoms with Crippen LogP contribution in [0.3, 0.4) is 0 Å². The van der Waals surface area contributed by atoms with Gasteiger partial charge in [0.15, 0.2) is 0 Å². The summed E-state index contributed by atoms with van der Waals surface area (Å²) in [7, 11) is 0. The Kier molecular flexibility index (Phi) is 4.77. The highest BCUT2D eigenvalue weighted by molar-refractivity contribution is 5.53. The third-order valence-corrected chi connectivity index (χ3v) is 3.91. The number of nitrogen functional groups attached to an aromatic ring is 1. The van der Waals surface area contributed by atoms with Crippen molar-refractivity contribution in [2.24, 2.45) is 0 Å². The molecule has 0 aromatic carbocycles. The van der Waals surface area contributed by atoms with E-state index in [4.69, 9.17) is 10.5 Å². The van der Waals surface area contributed by atoms with Crippen molar-refractivity contribution in [1.82, 2.24) is 9.88 Å². The first kappa shape index (κ1) is 14.3. The fourth-order valence-corrected chi connectivity index (χ4v) is 2.69. The number of likely N-dealkylation sites (tertiary alicyclic amines) is 1. The molecule has 1 aromatic rings. The van der Waals surface area contributed by atoms with Crippen LogP contribution < -0.4 is 5.73 Å². The molecule has 0 saturated carbocycles. The van der Waals surface area contributed by atoms with E-state index in [1.54, 1.807) is 0 Å². The molecular formula is C15H25N3O. The van der Waals surface area contributed by atoms with E-state index >= 15 is 0 Å². The predicted octanol–water partition coefficient (Wildman–Crippen LogP) is 2.28. The van der Waals surface area contributed by atoms with Crippen LogP contribution in [0.5, 0.6) is 0 Å². The lowest BCUT2D eigenvalue weighted by atomic mass is 10.1. The van der Waals surface area contributed by atoms with Gasteiger partial charge in [0.1, 0.15) is 0 Å². The molecule has 1 aromatic heterocycles. The molecule has 0 spiro atoms. The lowest BCUT2D eigenvalue weighted by Crippen LogP contribution is -2.39. The number of anilines is 1. The molecule has 106 valence electrons. The Morgan fingerprint density at radius 3 is 3.00 bits per heavy atom. The molecule has 4 heteroatoms. The van der Waals surface area contributed by atoms with Crippen molar-refractivity contribution in [3.8, 4) is 0 Å². The zero-order chi connectivity index (χ0) is 13.8. The third-order valence-electron chi connectivity index (χ3n) is 3.91. The molecule has 0 radical (unpaired) electrons. The molecule has 1 atom stereocenters. The molecule has 2 N–H and O–H groups in total. The molecule has 0 amide bonds. The lowest BCUT2D eigenvalue weighted by Gasteiger charge is -2.32. The van der Waals surface area contributed by atoms with E-state index in [0.29, 0.717) is 6.10 Å². The number of nitrogens with zero attached hydrogens (tertiary/aromatic N) is 2. The van der Waals surface area contributed by atoms with E-state index in [9.17, 15) is 0 Å². The smallest absolute Gasteiger partial charge is 0.0702 e. The van der Waals surface area contributed by atoms with Crippen LogP contribution in [0.4, 0.5) is 5.69 Å². The SMILES string of the molecule is CCOC1CCCN(Cc2ncc(C)c(N)c2C)C1. The largest absolute Gasteiger partial charge is 0.398 e. The summed E-state index contributed by atoms with van der Waals surface area (Å²) < 4.78 is 5.74. The maximum Gasteiger partial charge on any atom is 0.0702 e. The molecule has 0 aliphatic carbocycles. The molecule has 4 nitrogen and oxygen atoms in total. The summed E-state index contributed by atoms with van der Waals surface area (Å²) >= 11 is 0. The maximum atomic E-state index is 6.08. The average molecular weight is 263 g/mol. The van der Waals surface area contributed by atoms with Gasteiger partial charge in [0.05, 0.1) is 11.8 Å². The number of nitrogens with two attached hydrogens (primary N) is 1. The van der Waals surface area contributed by atoms with Crippen molar-refractivity contribution in [3.05, 3.63) is 23.0 Å². The molecule has 1 aliphatic heterocycles. The lowest BCUT2D eigenvalue weighted by molar-refractivity contribution is 0.00327. The number of rotatable bonds is 4. The highest BCUT2D eigenvalue weighted by atomic mass is 16.5. The van der Waals surface area contributed by atoms with Gasteiger partial charge in [0.25, 0.3) is 0 Å². The molecule has 1 unspecified atom stereocenters. The van der Waals surface area contributed by atoms with Gasteiger partial charge in [0.2, 0.25) is 0 Å². The number of pyridine rings is 1. The van der Waals surface area contributed by atoms with Gasteiger partial charge in [-0.2, -0.15) is 0 Å². The summed E-state index contributed by atoms with van der Waals surface area (Å²) in [6, 6.07) is 0. The van der Waals surface area contributed by atoms with Crippen molar-refractivity contribution in [3.63, 3.8) is 0 Å². The van der Waals surface area contributed by atoms with Gasteiger partial charge < -0.3 is 10.5 Å². The molecule has 2 rings (SSSR count). The van der Waals surface area contributed by atoms with E-state index in [1.807, 2.05) is 13.1 Å². The van der Waals surface area contributed by atoms with E-state index in [2.05, 4.69) is 23.7 Å². The van der Waals surface area contributed by atoms with Crippen molar-refractivity contribution < 1.29 is 4.74 Å². The quantitative estimate of drug-likeness (QED) is 0.905. The van der Waals surface area contributed by atoms with E-state index in [0.717, 1.165) is 48.7 Å². The first-order valence-electron chi connectivity index (χ1n) is 7.16. The Bertz CT molecular complexity index is 432. The topological polar surface area (TPSA) is 51.4 Å². The summed E-state index contributed by atoms with van der Waals surface area (Å²) in [6.45, 7) is 9.93. The van der Waals surface area contributed by atoms with Gasteiger partial charge in [-0.15, -0.1) is 0 Å². The molecule has 19 heavy (non-hydrogen) atoms. The molecule has 0 bridgehead atoms. The van der Waals surface area contributed by atoms with Gasteiger partial charge in [-0.1, -0.05) is 0 Å². The second kappa shape index (κ2) is 6.35. The normalized spacial score (nSPS) is 20.7. The van der Waals surface area contributed by atoms with Crippen LogP contribution in [0.1, 0.15) is 36.6 Å². The molecule has 1 saturated heterocycles. The Morgan fingerprint density at radius 1 is 1.47 bits per heavy atom. The van der Waals surface area contributed by atoms with Gasteiger partial charge in [-0.3, -0.25) is 9.88 Å². The number of aromatic nitrogens is 1. The minimum atomic E-state index is 0.377. The van der Waals surface area contributed by atoms with Crippen molar-refractivity contribution in [2.75, 3.05) is 25.4 Å². The van der Waals surface area contributed by atoms with Gasteiger partial charge in [0, 0.05) is 31.6 Å². The predicted molar refractivity (Wildman–Crippen MR) is 78.0 cm³/mol. The summed E-state index contributed by atoms with van der Waals surface area (Å²) in [4.78, 5) is 6.97. The van der Waals surface area contributed by atoms with E-state index in [1.165, 1.54) is 12.8 Å². The van der Waals surface area contributed by atoms with Crippen LogP contribution >= 0.6 is 0 Å². The Morgan fingerprint density at radius 2 is 2.26 bits per heavy atom. The van der Waals surface area contributed by atoms with Crippen LogP contribution in [0.25, 0.3) is 0 Å². The van der Waals surface area contributed by atoms with E-state index < -0.39 is 0 Å². The molecule has 1 aliphatic rings. The van der Waals surface area contributed by atoms with Crippen LogP contribution in [0.15, 0.2) is 6.20 Å². The second-order valence-corrected chi connectivity index (χ2v) is 5.38. The van der Waals surface area contributed by atoms with E-state index in [-0.39, 0.29) is 0 Å². The summed E-state index contributed by atoms with van der Waals surface area (Å²) in [5, 5.41) is 0. The minimum Gasteiger partial charge on any atom is -0.398 e. The number of aryl methyl sites for hydroxylation is 1. The van der Waals surface area contributed by atoms with Gasteiger partial charge in [-0.25, -0.2) is 0 Å². The molecule has 1 fully saturated rings. The highest BCUT2D eigenvalue weighted by Gasteiger charge is 2.21. The first-order valence-corrected chi connectivity index (χ1v) is 7.16. The van der Waals surface area contributed by atoms with Crippen molar-refractivity contribution >= 4 is 5.69 Å². The molecular weight excluding hydrogens is 238 g/mol. The number of piperidine rings is 1. The zero-order valence-electron chi connectivity index (χ0n) is 12.3. The van der Waals surface area contributed by atoms with Crippen LogP contribution in [0, 0.1) is 13.8 Å². The fraction of sp³-hybridized carbons (Fsp3) is 0.667. The van der Waals surface area contributed by atoms with Crippen molar-refractivity contribution in [1.29, 1.82) is 0 Å². The number of hydrogen-bond acceptors (Lipinski definition) is 4. The number of ether oxygens (including phenoxy) is 1. The Hall–Kier alpha value is -1.13. The monoisotopic (exact) mass is 263 g/mol. The van der Waals surface area contributed by atoms with Crippen LogP contribution in [0.2, 0.25) is 0 Å². The van der Waals surface area contributed by atoms with Crippen molar-refractivity contribution in [2.45, 2.75) is 46.3 Å². The second-order valence-electron chi connectivity index (χ2n) is 5.38. The van der Waals surface area contributed by atoms with Gasteiger partial charge >= 0.3 is 0 Å². The van der Waals surface area contributed by atoms with Gasteiger partial charge in [-0.05, 0) is 51.3 Å². The minimum absolute atomic E-state index is 0.377. The Labute approximate surface area is 116 Å². The van der Waals surface area contributed by atoms with Crippen LogP contribution in [-0.2, 0) is 11.3 Å². The maximum absolute atomic E-state index is 6.08. The fourth-order valence-electron chi connectivity index (χ4n) is 2.69. The summed E-state index contributed by atoms with van der Waals surface area (Å²) in [5.41, 5.74) is 10.2. The standard InChI is InChI=1S/C15H25N3O/c1-4-19-13-6-5-7-18(9-13)10-14-12(3)15(16)11(2)8-17-14/h8,13H,4-7,9-10H2,1-3H3,(H2,16,17). The highest BCUT2D eigenvalue weighted by Crippen LogP contribution is 2.21. The van der Waals surface area contributed by atoms with Crippen LogP contribution in [-0.4, -0.2) is 35.7 Å². The summed E-state index contributed by atoms with van der Waals surface area (Å²) in [5.74, 6) is 0. The zero-order valence-corrected chi connectivity index (χ0v) is 12.3. The molecule has 2 heterocycles. The average Bonchev–Trinajstić information content (AvgIpc) is 2.40. The number of hydrogen-bond donors (Lipinski definition) is 1. The summed E-state index contributed by atoms with van der Waals surface area (Å²) in [6.07, 6.45) is 4.63. The Balaban J connectivity index is 2.03.